The number of nitrogens with one attached hydrogen (secondary N) is 1. The fourth-order valence-electron chi connectivity index (χ4n) is 2.20. The monoisotopic (exact) mass is 285 g/mol. The lowest BCUT2D eigenvalue weighted by Crippen LogP contribution is -2.51. The lowest BCUT2D eigenvalue weighted by Gasteiger charge is -2.33. The Bertz CT molecular complexity index is 493. The van der Waals surface area contributed by atoms with Crippen molar-refractivity contribution in [2.24, 2.45) is 5.73 Å². The smallest absolute Gasteiger partial charge is 0.280 e. The van der Waals surface area contributed by atoms with Crippen molar-refractivity contribution in [3.8, 4) is 0 Å². The normalized spacial score (nSPS) is 21.4. The highest BCUT2D eigenvalue weighted by molar-refractivity contribution is 7.87. The molecule has 0 aromatic carbocycles. The van der Waals surface area contributed by atoms with Crippen LogP contribution in [0.25, 0.3) is 0 Å². The molecule has 0 radical (unpaired) electrons. The molecule has 1 aromatic rings. The Kier molecular flexibility index (Phi) is 4.81. The zero-order valence-electron chi connectivity index (χ0n) is 10.7. The van der Waals surface area contributed by atoms with Gasteiger partial charge in [-0.3, -0.25) is 0 Å². The molecule has 8 heteroatoms. The molecule has 1 aliphatic heterocycles. The summed E-state index contributed by atoms with van der Waals surface area (Å²) in [5, 5.41) is 0. The fourth-order valence-corrected chi connectivity index (χ4v) is 3.65. The van der Waals surface area contributed by atoms with Crippen molar-refractivity contribution in [3.63, 3.8) is 0 Å². The van der Waals surface area contributed by atoms with Crippen LogP contribution in [0.1, 0.15) is 25.0 Å². The Morgan fingerprint density at radius 1 is 1.47 bits per heavy atom. The van der Waals surface area contributed by atoms with E-state index in [0.717, 1.165) is 19.3 Å². The Morgan fingerprint density at radius 2 is 2.32 bits per heavy atom. The molecule has 1 aliphatic rings. The molecular weight excluding hydrogens is 266 g/mol. The quantitative estimate of drug-likeness (QED) is 0.768. The molecule has 3 N–H and O–H groups in total. The Morgan fingerprint density at radius 3 is 3.00 bits per heavy atom. The minimum Gasteiger partial charge on any atom is -0.329 e. The highest BCUT2D eigenvalue weighted by Gasteiger charge is 2.31. The van der Waals surface area contributed by atoms with Crippen molar-refractivity contribution < 1.29 is 8.42 Å². The maximum absolute atomic E-state index is 12.2. The maximum atomic E-state index is 12.2. The first kappa shape index (κ1) is 14.3. The van der Waals surface area contributed by atoms with Gasteiger partial charge < -0.3 is 5.73 Å². The van der Waals surface area contributed by atoms with Crippen molar-refractivity contribution in [1.82, 2.24) is 19.0 Å². The molecule has 2 rings (SSSR count). The average Bonchev–Trinajstić information content (AvgIpc) is 2.46. The summed E-state index contributed by atoms with van der Waals surface area (Å²) in [7, 11) is -3.50. The van der Waals surface area contributed by atoms with E-state index in [4.69, 9.17) is 5.73 Å². The van der Waals surface area contributed by atoms with E-state index < -0.39 is 10.2 Å². The molecular formula is C11H19N5O2S. The van der Waals surface area contributed by atoms with Gasteiger partial charge in [-0.05, 0) is 18.9 Å². The number of rotatable bonds is 5. The first-order chi connectivity index (χ1) is 9.13. The van der Waals surface area contributed by atoms with E-state index in [1.54, 1.807) is 12.3 Å². The average molecular weight is 285 g/mol. The first-order valence-corrected chi connectivity index (χ1v) is 7.79. The number of hydrogen-bond donors (Lipinski definition) is 2. The van der Waals surface area contributed by atoms with E-state index in [0.29, 0.717) is 18.8 Å². The van der Waals surface area contributed by atoms with Crippen LogP contribution < -0.4 is 10.5 Å². The molecule has 7 nitrogen and oxygen atoms in total. The van der Waals surface area contributed by atoms with Crippen molar-refractivity contribution >= 4 is 10.2 Å². The van der Waals surface area contributed by atoms with Gasteiger partial charge in [-0.2, -0.15) is 17.4 Å². The largest absolute Gasteiger partial charge is 0.329 e. The molecule has 0 amide bonds. The lowest BCUT2D eigenvalue weighted by atomic mass is 10.1. The molecule has 1 atom stereocenters. The second-order valence-corrected chi connectivity index (χ2v) is 6.23. The van der Waals surface area contributed by atoms with Gasteiger partial charge in [-0.15, -0.1) is 0 Å². The Labute approximate surface area is 113 Å². The van der Waals surface area contributed by atoms with Gasteiger partial charge in [0.1, 0.15) is 6.33 Å². The van der Waals surface area contributed by atoms with Gasteiger partial charge in [0.15, 0.2) is 0 Å². The highest BCUT2D eigenvalue weighted by atomic mass is 32.2. The second kappa shape index (κ2) is 6.38. The van der Waals surface area contributed by atoms with Crippen LogP contribution in [0.15, 0.2) is 18.6 Å². The number of piperidine rings is 1. The topological polar surface area (TPSA) is 101 Å². The summed E-state index contributed by atoms with van der Waals surface area (Å²) < 4.78 is 28.5. The first-order valence-electron chi connectivity index (χ1n) is 6.35. The van der Waals surface area contributed by atoms with E-state index in [9.17, 15) is 8.42 Å². The molecule has 0 bridgehead atoms. The molecule has 106 valence electrons. The van der Waals surface area contributed by atoms with Crippen molar-refractivity contribution in [1.29, 1.82) is 0 Å². The summed E-state index contributed by atoms with van der Waals surface area (Å²) in [6.45, 7) is 1.05. The van der Waals surface area contributed by atoms with E-state index in [1.165, 1.54) is 10.6 Å². The molecule has 1 saturated heterocycles. The van der Waals surface area contributed by atoms with Crippen LogP contribution in [-0.4, -0.2) is 41.8 Å². The minimum atomic E-state index is -3.50. The van der Waals surface area contributed by atoms with Crippen molar-refractivity contribution in [2.45, 2.75) is 31.8 Å². The van der Waals surface area contributed by atoms with Crippen LogP contribution in [-0.2, 0) is 16.8 Å². The number of aromatic nitrogens is 2. The summed E-state index contributed by atoms with van der Waals surface area (Å²) in [6.07, 6.45) is 5.71. The Hall–Kier alpha value is -1.09. The van der Waals surface area contributed by atoms with Crippen LogP contribution in [0.2, 0.25) is 0 Å². The van der Waals surface area contributed by atoms with Gasteiger partial charge in [0.05, 0.1) is 12.2 Å². The van der Waals surface area contributed by atoms with Gasteiger partial charge in [0.25, 0.3) is 10.2 Å². The van der Waals surface area contributed by atoms with Gasteiger partial charge in [-0.1, -0.05) is 6.42 Å². The van der Waals surface area contributed by atoms with Gasteiger partial charge in [0, 0.05) is 25.3 Å². The molecule has 1 aromatic heterocycles. The number of nitrogens with zero attached hydrogens (tertiary/aromatic N) is 3. The Balaban J connectivity index is 2.01. The number of nitrogens with two attached hydrogens (primary N) is 1. The molecule has 0 aliphatic carbocycles. The predicted molar refractivity (Wildman–Crippen MR) is 71.2 cm³/mol. The lowest BCUT2D eigenvalue weighted by molar-refractivity contribution is 0.254. The summed E-state index contributed by atoms with van der Waals surface area (Å²) in [4.78, 5) is 7.77. The standard InChI is InChI=1S/C11H19N5O2S/c12-7-11-3-1-2-6-16(11)19(17,18)15-8-10-4-5-13-9-14-10/h4-5,9,11,15H,1-3,6-8,12H2. The van der Waals surface area contributed by atoms with Crippen molar-refractivity contribution in [3.05, 3.63) is 24.3 Å². The van der Waals surface area contributed by atoms with E-state index in [1.807, 2.05) is 0 Å². The fraction of sp³-hybridized carbons (Fsp3) is 0.636. The molecule has 2 heterocycles. The third-order valence-electron chi connectivity index (χ3n) is 3.23. The van der Waals surface area contributed by atoms with E-state index >= 15 is 0 Å². The van der Waals surface area contributed by atoms with Crippen LogP contribution in [0.4, 0.5) is 0 Å². The van der Waals surface area contributed by atoms with Crippen molar-refractivity contribution in [2.75, 3.05) is 13.1 Å². The zero-order chi connectivity index (χ0) is 13.7. The molecule has 1 fully saturated rings. The second-order valence-electron chi connectivity index (χ2n) is 4.52. The predicted octanol–water partition coefficient (Wildman–Crippen LogP) is -0.376. The van der Waals surface area contributed by atoms with Crippen LogP contribution in [0, 0.1) is 0 Å². The number of hydrogen-bond acceptors (Lipinski definition) is 5. The third-order valence-corrected chi connectivity index (χ3v) is 4.84. The highest BCUT2D eigenvalue weighted by Crippen LogP contribution is 2.18. The van der Waals surface area contributed by atoms with E-state index in [2.05, 4.69) is 14.7 Å². The molecule has 0 spiro atoms. The maximum Gasteiger partial charge on any atom is 0.280 e. The van der Waals surface area contributed by atoms with Crippen LogP contribution in [0.3, 0.4) is 0 Å². The molecule has 1 unspecified atom stereocenters. The van der Waals surface area contributed by atoms with Gasteiger partial charge >= 0.3 is 0 Å². The van der Waals surface area contributed by atoms with Gasteiger partial charge in [-0.25, -0.2) is 9.97 Å². The zero-order valence-corrected chi connectivity index (χ0v) is 11.5. The SMILES string of the molecule is NCC1CCCCN1S(=O)(=O)NCc1ccncn1. The molecule has 0 saturated carbocycles. The summed E-state index contributed by atoms with van der Waals surface area (Å²) >= 11 is 0. The molecule has 19 heavy (non-hydrogen) atoms. The summed E-state index contributed by atoms with van der Waals surface area (Å²) in [5.41, 5.74) is 6.28. The van der Waals surface area contributed by atoms with E-state index in [-0.39, 0.29) is 12.6 Å². The third kappa shape index (κ3) is 3.69. The minimum absolute atomic E-state index is 0.100. The van der Waals surface area contributed by atoms with Crippen LogP contribution >= 0.6 is 0 Å². The summed E-state index contributed by atoms with van der Waals surface area (Å²) in [5.74, 6) is 0. The summed E-state index contributed by atoms with van der Waals surface area (Å²) in [6, 6.07) is 1.58. The van der Waals surface area contributed by atoms with Crippen LogP contribution in [0.5, 0.6) is 0 Å². The van der Waals surface area contributed by atoms with Gasteiger partial charge in [0.2, 0.25) is 0 Å².